The Bertz CT molecular complexity index is 754. The van der Waals surface area contributed by atoms with Crippen molar-refractivity contribution in [3.05, 3.63) is 62.6 Å². The van der Waals surface area contributed by atoms with Gasteiger partial charge in [-0.2, -0.15) is 5.10 Å². The summed E-state index contributed by atoms with van der Waals surface area (Å²) in [4.78, 5) is 12.4. The van der Waals surface area contributed by atoms with Gasteiger partial charge in [-0.25, -0.2) is 4.68 Å². The molecule has 0 bridgehead atoms. The molecule has 0 fully saturated rings. The maximum atomic E-state index is 12.4. The van der Waals surface area contributed by atoms with E-state index in [-0.39, 0.29) is 11.0 Å². The fourth-order valence-corrected chi connectivity index (χ4v) is 2.36. The molecule has 4 nitrogen and oxygen atoms in total. The highest BCUT2D eigenvalue weighted by Crippen LogP contribution is 2.24. The van der Waals surface area contributed by atoms with Crippen LogP contribution in [0.15, 0.2) is 29.1 Å². The highest BCUT2D eigenvalue weighted by molar-refractivity contribution is 5.37. The molecule has 1 heterocycles. The van der Waals surface area contributed by atoms with Crippen LogP contribution < -0.4 is 11.3 Å². The Balaban J connectivity index is 2.58. The van der Waals surface area contributed by atoms with Gasteiger partial charge in [0, 0.05) is 18.0 Å². The first-order valence-corrected chi connectivity index (χ1v) is 7.52. The fraction of sp³-hybridized carbons (Fsp3) is 0.444. The maximum absolute atomic E-state index is 12.4. The molecular weight excluding hydrogens is 274 g/mol. The fourth-order valence-electron chi connectivity index (χ4n) is 2.36. The third-order valence-electron chi connectivity index (χ3n) is 4.08. The quantitative estimate of drug-likeness (QED) is 0.927. The summed E-state index contributed by atoms with van der Waals surface area (Å²) in [5.74, 6) is 0. The number of rotatable bonds is 2. The second-order valence-electron chi connectivity index (χ2n) is 6.99. The predicted octanol–water partition coefficient (Wildman–Crippen LogP) is 2.74. The molecule has 1 atom stereocenters. The monoisotopic (exact) mass is 299 g/mol. The molecule has 118 valence electrons. The van der Waals surface area contributed by atoms with E-state index in [9.17, 15) is 4.79 Å². The number of nitrogens with zero attached hydrogens (tertiary/aromatic N) is 2. The number of nitrogens with two attached hydrogens (primary N) is 1. The third-order valence-corrected chi connectivity index (χ3v) is 4.08. The molecule has 0 radical (unpaired) electrons. The molecule has 2 rings (SSSR count). The van der Waals surface area contributed by atoms with E-state index in [1.807, 2.05) is 18.2 Å². The summed E-state index contributed by atoms with van der Waals surface area (Å²) < 4.78 is 1.39. The first-order valence-electron chi connectivity index (χ1n) is 7.52. The Morgan fingerprint density at radius 1 is 1.14 bits per heavy atom. The van der Waals surface area contributed by atoms with Crippen LogP contribution in [-0.4, -0.2) is 9.78 Å². The summed E-state index contributed by atoms with van der Waals surface area (Å²) in [6.07, 6.45) is 0. The van der Waals surface area contributed by atoms with Crippen LogP contribution in [0.25, 0.3) is 0 Å². The van der Waals surface area contributed by atoms with E-state index in [2.05, 4.69) is 45.8 Å². The topological polar surface area (TPSA) is 60.9 Å². The SMILES string of the molecule is Cc1ccc(C(N)c2cc(C(C)(C)C)nn(C)c2=O)cc1C. The summed E-state index contributed by atoms with van der Waals surface area (Å²) in [6, 6.07) is 7.49. The minimum absolute atomic E-state index is 0.136. The van der Waals surface area contributed by atoms with Gasteiger partial charge in [-0.15, -0.1) is 0 Å². The molecular formula is C18H25N3O. The van der Waals surface area contributed by atoms with Gasteiger partial charge in [0.05, 0.1) is 11.7 Å². The molecule has 2 aromatic rings. The van der Waals surface area contributed by atoms with Crippen molar-refractivity contribution in [1.29, 1.82) is 0 Å². The van der Waals surface area contributed by atoms with E-state index in [0.29, 0.717) is 5.56 Å². The van der Waals surface area contributed by atoms with Crippen molar-refractivity contribution in [2.75, 3.05) is 0 Å². The number of aromatic nitrogens is 2. The Labute approximate surface area is 132 Å². The predicted molar refractivity (Wildman–Crippen MR) is 90.1 cm³/mol. The van der Waals surface area contributed by atoms with E-state index in [1.165, 1.54) is 15.8 Å². The second kappa shape index (κ2) is 5.69. The Morgan fingerprint density at radius 2 is 1.77 bits per heavy atom. The summed E-state index contributed by atoms with van der Waals surface area (Å²) in [5, 5.41) is 4.36. The van der Waals surface area contributed by atoms with Crippen LogP contribution in [0.1, 0.15) is 54.8 Å². The lowest BCUT2D eigenvalue weighted by molar-refractivity contribution is 0.525. The molecule has 4 heteroatoms. The second-order valence-corrected chi connectivity index (χ2v) is 6.99. The number of benzene rings is 1. The van der Waals surface area contributed by atoms with Crippen LogP contribution in [0, 0.1) is 13.8 Å². The third kappa shape index (κ3) is 3.12. The van der Waals surface area contributed by atoms with Gasteiger partial charge in [0.1, 0.15) is 0 Å². The molecule has 0 aliphatic rings. The summed E-state index contributed by atoms with van der Waals surface area (Å²) in [7, 11) is 1.67. The van der Waals surface area contributed by atoms with E-state index in [0.717, 1.165) is 11.3 Å². The van der Waals surface area contributed by atoms with Gasteiger partial charge >= 0.3 is 0 Å². The smallest absolute Gasteiger partial charge is 0.271 e. The standard InChI is InChI=1S/C18H25N3O/c1-11-7-8-13(9-12(11)2)16(19)14-10-15(18(3,4)5)20-21(6)17(14)22/h7-10,16H,19H2,1-6H3. The van der Waals surface area contributed by atoms with Crippen molar-refractivity contribution in [1.82, 2.24) is 9.78 Å². The van der Waals surface area contributed by atoms with Gasteiger partial charge in [0.15, 0.2) is 0 Å². The first kappa shape index (κ1) is 16.4. The highest BCUT2D eigenvalue weighted by Gasteiger charge is 2.22. The van der Waals surface area contributed by atoms with Crippen LogP contribution in [0.5, 0.6) is 0 Å². The first-order chi connectivity index (χ1) is 10.1. The molecule has 1 aromatic carbocycles. The lowest BCUT2D eigenvalue weighted by Crippen LogP contribution is -2.32. The molecule has 0 saturated carbocycles. The van der Waals surface area contributed by atoms with E-state index in [4.69, 9.17) is 5.73 Å². The highest BCUT2D eigenvalue weighted by atomic mass is 16.1. The molecule has 1 unspecified atom stereocenters. The zero-order valence-corrected chi connectivity index (χ0v) is 14.3. The van der Waals surface area contributed by atoms with Crippen molar-refractivity contribution in [3.8, 4) is 0 Å². The Kier molecular flexibility index (Phi) is 4.25. The molecule has 0 aliphatic heterocycles. The van der Waals surface area contributed by atoms with Gasteiger partial charge in [0.2, 0.25) is 0 Å². The van der Waals surface area contributed by atoms with Crippen LogP contribution in [-0.2, 0) is 12.5 Å². The van der Waals surface area contributed by atoms with Gasteiger partial charge in [-0.1, -0.05) is 39.0 Å². The minimum Gasteiger partial charge on any atom is -0.320 e. The molecule has 22 heavy (non-hydrogen) atoms. The van der Waals surface area contributed by atoms with Crippen molar-refractivity contribution >= 4 is 0 Å². The largest absolute Gasteiger partial charge is 0.320 e. The molecule has 0 spiro atoms. The van der Waals surface area contributed by atoms with Crippen molar-refractivity contribution in [2.45, 2.75) is 46.1 Å². The van der Waals surface area contributed by atoms with Crippen LogP contribution in [0.2, 0.25) is 0 Å². The maximum Gasteiger partial charge on any atom is 0.271 e. The lowest BCUT2D eigenvalue weighted by atomic mass is 9.89. The zero-order valence-electron chi connectivity index (χ0n) is 14.3. The van der Waals surface area contributed by atoms with Gasteiger partial charge in [-0.3, -0.25) is 4.79 Å². The number of aryl methyl sites for hydroxylation is 3. The van der Waals surface area contributed by atoms with E-state index >= 15 is 0 Å². The molecule has 2 N–H and O–H groups in total. The van der Waals surface area contributed by atoms with E-state index < -0.39 is 6.04 Å². The van der Waals surface area contributed by atoms with Gasteiger partial charge in [-0.05, 0) is 36.6 Å². The van der Waals surface area contributed by atoms with Crippen molar-refractivity contribution in [2.24, 2.45) is 12.8 Å². The summed E-state index contributed by atoms with van der Waals surface area (Å²) >= 11 is 0. The van der Waals surface area contributed by atoms with E-state index in [1.54, 1.807) is 7.05 Å². The van der Waals surface area contributed by atoms with Gasteiger partial charge in [0.25, 0.3) is 5.56 Å². The van der Waals surface area contributed by atoms with Crippen LogP contribution in [0.3, 0.4) is 0 Å². The summed E-state index contributed by atoms with van der Waals surface area (Å²) in [6.45, 7) is 10.3. The molecule has 0 aliphatic carbocycles. The average molecular weight is 299 g/mol. The number of hydrogen-bond acceptors (Lipinski definition) is 3. The van der Waals surface area contributed by atoms with Crippen molar-refractivity contribution in [3.63, 3.8) is 0 Å². The lowest BCUT2D eigenvalue weighted by Gasteiger charge is -2.21. The minimum atomic E-state index is -0.443. The normalized spacial score (nSPS) is 13.2. The number of hydrogen-bond donors (Lipinski definition) is 1. The average Bonchev–Trinajstić information content (AvgIpc) is 2.42. The van der Waals surface area contributed by atoms with Crippen LogP contribution >= 0.6 is 0 Å². The summed E-state index contributed by atoms with van der Waals surface area (Å²) in [5.41, 5.74) is 10.9. The van der Waals surface area contributed by atoms with Crippen molar-refractivity contribution < 1.29 is 0 Å². The Morgan fingerprint density at radius 3 is 2.32 bits per heavy atom. The molecule has 1 aromatic heterocycles. The Hall–Kier alpha value is -1.94. The molecule has 0 saturated heterocycles. The van der Waals surface area contributed by atoms with Crippen LogP contribution in [0.4, 0.5) is 0 Å². The van der Waals surface area contributed by atoms with Gasteiger partial charge < -0.3 is 5.73 Å². The zero-order chi connectivity index (χ0) is 16.7. The molecule has 0 amide bonds.